The first-order valence-corrected chi connectivity index (χ1v) is 6.25. The van der Waals surface area contributed by atoms with Gasteiger partial charge in [0.05, 0.1) is 12.7 Å². The lowest BCUT2D eigenvalue weighted by molar-refractivity contribution is -0.0111. The van der Waals surface area contributed by atoms with Crippen molar-refractivity contribution in [2.75, 3.05) is 33.3 Å². The number of ether oxygens (including phenoxy) is 2. The molecule has 1 N–H and O–H groups in total. The van der Waals surface area contributed by atoms with Crippen molar-refractivity contribution in [3.05, 3.63) is 29.6 Å². The van der Waals surface area contributed by atoms with Gasteiger partial charge in [-0.25, -0.2) is 9.18 Å². The van der Waals surface area contributed by atoms with Gasteiger partial charge in [0.2, 0.25) is 0 Å². The van der Waals surface area contributed by atoms with E-state index in [-0.39, 0.29) is 23.7 Å². The molecule has 1 heterocycles. The van der Waals surface area contributed by atoms with E-state index in [0.717, 1.165) is 6.07 Å². The molecule has 21 heavy (non-hydrogen) atoms. The predicted molar refractivity (Wildman–Crippen MR) is 75.0 cm³/mol. The number of halogens is 3. The number of methoxy groups -OCH3 is 1. The molecule has 1 amide bonds. The Kier molecular flexibility index (Phi) is 6.64. The van der Waals surface area contributed by atoms with E-state index in [1.54, 1.807) is 0 Å². The van der Waals surface area contributed by atoms with Crippen LogP contribution < -0.4 is 10.1 Å². The highest BCUT2D eigenvalue weighted by atomic mass is 35.5. The third kappa shape index (κ3) is 4.44. The molecule has 1 atom stereocenters. The summed E-state index contributed by atoms with van der Waals surface area (Å²) in [4.78, 5) is 13.1. The summed E-state index contributed by atoms with van der Waals surface area (Å²) < 4.78 is 37.0. The fourth-order valence-electron chi connectivity index (χ4n) is 1.89. The van der Waals surface area contributed by atoms with Crippen LogP contribution in [0.2, 0.25) is 0 Å². The minimum Gasteiger partial charge on any atom is -0.497 e. The van der Waals surface area contributed by atoms with Crippen molar-refractivity contribution in [2.45, 2.75) is 6.36 Å². The second-order valence-electron chi connectivity index (χ2n) is 4.32. The van der Waals surface area contributed by atoms with E-state index in [0.29, 0.717) is 26.2 Å². The molecular formula is C13H17ClF2N2O3. The number of amides is 1. The standard InChI is InChI=1S/C13H16F2N2O3.ClH/c1-19-9-2-3-10(11(14)8-9)12(15)20-13(18)17-6-4-16-5-7-17;/h2-3,8,12,16H,4-7H2,1H3;1H. The fraction of sp³-hybridized carbons (Fsp3) is 0.462. The van der Waals surface area contributed by atoms with Gasteiger partial charge in [0.25, 0.3) is 6.36 Å². The zero-order valence-corrected chi connectivity index (χ0v) is 12.3. The average Bonchev–Trinajstić information content (AvgIpc) is 2.47. The highest BCUT2D eigenvalue weighted by Crippen LogP contribution is 2.26. The number of carbonyl (C=O) groups is 1. The minimum atomic E-state index is -2.14. The third-order valence-electron chi connectivity index (χ3n) is 3.03. The first-order chi connectivity index (χ1) is 9.61. The molecule has 0 aliphatic carbocycles. The van der Waals surface area contributed by atoms with E-state index < -0.39 is 18.3 Å². The Bertz CT molecular complexity index is 484. The smallest absolute Gasteiger partial charge is 0.412 e. The SMILES string of the molecule is COc1ccc(C(F)OC(=O)N2CCNCC2)c(F)c1.Cl. The second kappa shape index (κ2) is 7.99. The van der Waals surface area contributed by atoms with E-state index in [2.05, 4.69) is 10.1 Å². The zero-order valence-electron chi connectivity index (χ0n) is 11.5. The highest BCUT2D eigenvalue weighted by molar-refractivity contribution is 5.85. The molecule has 0 spiro atoms. The summed E-state index contributed by atoms with van der Waals surface area (Å²) in [6.45, 7) is 2.14. The first kappa shape index (κ1) is 17.5. The topological polar surface area (TPSA) is 50.8 Å². The average molecular weight is 323 g/mol. The molecule has 0 aromatic heterocycles. The van der Waals surface area contributed by atoms with Crippen LogP contribution in [0.15, 0.2) is 18.2 Å². The lowest BCUT2D eigenvalue weighted by Gasteiger charge is -2.27. The van der Waals surface area contributed by atoms with Crippen LogP contribution in [-0.4, -0.2) is 44.3 Å². The van der Waals surface area contributed by atoms with Crippen LogP contribution in [0.3, 0.4) is 0 Å². The molecule has 1 aliphatic heterocycles. The van der Waals surface area contributed by atoms with Crippen molar-refractivity contribution < 1.29 is 23.0 Å². The summed E-state index contributed by atoms with van der Waals surface area (Å²) in [5.41, 5.74) is -0.325. The lowest BCUT2D eigenvalue weighted by atomic mass is 10.2. The van der Waals surface area contributed by atoms with Gasteiger partial charge in [-0.2, -0.15) is 4.39 Å². The Balaban J connectivity index is 0.00000220. The number of carbonyl (C=O) groups excluding carboxylic acids is 1. The zero-order chi connectivity index (χ0) is 14.5. The molecule has 1 aromatic rings. The molecule has 0 bridgehead atoms. The first-order valence-electron chi connectivity index (χ1n) is 6.25. The summed E-state index contributed by atoms with van der Waals surface area (Å²) in [6.07, 6.45) is -2.92. The van der Waals surface area contributed by atoms with Gasteiger partial charge < -0.3 is 19.7 Å². The molecule has 1 aromatic carbocycles. The molecule has 1 saturated heterocycles. The minimum absolute atomic E-state index is 0. The normalized spacial score (nSPS) is 15.9. The fourth-order valence-corrected chi connectivity index (χ4v) is 1.89. The van der Waals surface area contributed by atoms with Gasteiger partial charge in [-0.3, -0.25) is 0 Å². The van der Waals surface area contributed by atoms with E-state index in [1.807, 2.05) is 0 Å². The van der Waals surface area contributed by atoms with Gasteiger partial charge in [0.15, 0.2) is 0 Å². The third-order valence-corrected chi connectivity index (χ3v) is 3.03. The van der Waals surface area contributed by atoms with Gasteiger partial charge in [0, 0.05) is 32.2 Å². The summed E-state index contributed by atoms with van der Waals surface area (Å²) in [5.74, 6) is -0.545. The van der Waals surface area contributed by atoms with Gasteiger partial charge >= 0.3 is 6.09 Å². The molecule has 5 nitrogen and oxygen atoms in total. The summed E-state index contributed by atoms with van der Waals surface area (Å²) in [7, 11) is 1.38. The number of hydrogen-bond acceptors (Lipinski definition) is 4. The van der Waals surface area contributed by atoms with Gasteiger partial charge in [-0.05, 0) is 12.1 Å². The number of piperazine rings is 1. The van der Waals surface area contributed by atoms with Gasteiger partial charge in [-0.15, -0.1) is 12.4 Å². The Morgan fingerprint density at radius 1 is 1.38 bits per heavy atom. The monoisotopic (exact) mass is 322 g/mol. The van der Waals surface area contributed by atoms with Gasteiger partial charge in [0.1, 0.15) is 11.6 Å². The van der Waals surface area contributed by atoms with Gasteiger partial charge in [-0.1, -0.05) is 0 Å². The Morgan fingerprint density at radius 3 is 2.62 bits per heavy atom. The second-order valence-corrected chi connectivity index (χ2v) is 4.32. The highest BCUT2D eigenvalue weighted by Gasteiger charge is 2.24. The maximum absolute atomic E-state index is 13.9. The molecule has 2 rings (SSSR count). The van der Waals surface area contributed by atoms with Crippen molar-refractivity contribution in [2.24, 2.45) is 0 Å². The molecular weight excluding hydrogens is 306 g/mol. The number of rotatable bonds is 3. The van der Waals surface area contributed by atoms with E-state index in [1.165, 1.54) is 24.1 Å². The van der Waals surface area contributed by atoms with Crippen molar-refractivity contribution in [3.63, 3.8) is 0 Å². The Labute approximate surface area is 127 Å². The quantitative estimate of drug-likeness (QED) is 0.927. The molecule has 1 aliphatic rings. The van der Waals surface area contributed by atoms with Crippen LogP contribution >= 0.6 is 12.4 Å². The van der Waals surface area contributed by atoms with Crippen molar-refractivity contribution >= 4 is 18.5 Å². The Morgan fingerprint density at radius 2 is 2.05 bits per heavy atom. The van der Waals surface area contributed by atoms with E-state index in [9.17, 15) is 13.6 Å². The van der Waals surface area contributed by atoms with Crippen molar-refractivity contribution in [1.82, 2.24) is 10.2 Å². The van der Waals surface area contributed by atoms with Crippen molar-refractivity contribution in [3.8, 4) is 5.75 Å². The predicted octanol–water partition coefficient (Wildman–Crippen LogP) is 2.27. The summed E-state index contributed by atoms with van der Waals surface area (Å²) in [6, 6.07) is 3.65. The largest absolute Gasteiger partial charge is 0.497 e. The van der Waals surface area contributed by atoms with E-state index in [4.69, 9.17) is 4.74 Å². The number of benzene rings is 1. The summed E-state index contributed by atoms with van der Waals surface area (Å²) in [5, 5.41) is 3.06. The lowest BCUT2D eigenvalue weighted by Crippen LogP contribution is -2.46. The van der Waals surface area contributed by atoms with Crippen LogP contribution in [0.25, 0.3) is 0 Å². The van der Waals surface area contributed by atoms with Crippen molar-refractivity contribution in [1.29, 1.82) is 0 Å². The molecule has 8 heteroatoms. The number of nitrogens with zero attached hydrogens (tertiary/aromatic N) is 1. The van der Waals surface area contributed by atoms with Crippen LogP contribution in [-0.2, 0) is 4.74 Å². The molecule has 118 valence electrons. The maximum Gasteiger partial charge on any atom is 0.412 e. The van der Waals surface area contributed by atoms with Crippen LogP contribution in [0.4, 0.5) is 13.6 Å². The summed E-state index contributed by atoms with van der Waals surface area (Å²) >= 11 is 0. The van der Waals surface area contributed by atoms with Crippen LogP contribution in [0.1, 0.15) is 11.9 Å². The molecule has 1 unspecified atom stereocenters. The number of alkyl halides is 1. The Hall–Kier alpha value is -1.60. The number of nitrogens with one attached hydrogen (secondary N) is 1. The molecule has 0 radical (unpaired) electrons. The molecule has 1 fully saturated rings. The van der Waals surface area contributed by atoms with E-state index >= 15 is 0 Å². The maximum atomic E-state index is 13.9. The number of hydrogen-bond donors (Lipinski definition) is 1. The van der Waals surface area contributed by atoms with Crippen LogP contribution in [0, 0.1) is 5.82 Å². The molecule has 0 saturated carbocycles. The van der Waals surface area contributed by atoms with Crippen LogP contribution in [0.5, 0.6) is 5.75 Å².